The zero-order chi connectivity index (χ0) is 12.9. The normalized spacial score (nSPS) is 15.8. The van der Waals surface area contributed by atoms with Crippen LogP contribution in [0, 0.1) is 11.3 Å². The fourth-order valence-corrected chi connectivity index (χ4v) is 2.53. The quantitative estimate of drug-likeness (QED) is 0.601. The van der Waals surface area contributed by atoms with E-state index >= 15 is 0 Å². The van der Waals surface area contributed by atoms with Crippen LogP contribution in [0.3, 0.4) is 0 Å². The Morgan fingerprint density at radius 1 is 1.41 bits per heavy atom. The van der Waals surface area contributed by atoms with Gasteiger partial charge in [-0.2, -0.15) is 11.3 Å². The Morgan fingerprint density at radius 2 is 2.12 bits per heavy atom. The Bertz CT molecular complexity index is 301. The van der Waals surface area contributed by atoms with Crippen LogP contribution in [0.25, 0.3) is 0 Å². The molecule has 0 saturated carbocycles. The zero-order valence-electron chi connectivity index (χ0n) is 11.5. The summed E-state index contributed by atoms with van der Waals surface area (Å²) in [5.41, 5.74) is 4.76. The highest BCUT2D eigenvalue weighted by molar-refractivity contribution is 7.07. The van der Waals surface area contributed by atoms with Crippen LogP contribution >= 0.6 is 11.3 Å². The number of rotatable bonds is 6. The minimum Gasteiger partial charge on any atom is -0.271 e. The second-order valence-electron chi connectivity index (χ2n) is 6.04. The molecule has 1 aromatic heterocycles. The summed E-state index contributed by atoms with van der Waals surface area (Å²) in [6.45, 7) is 9.20. The lowest BCUT2D eigenvalue weighted by molar-refractivity contribution is 0.219. The highest BCUT2D eigenvalue weighted by Gasteiger charge is 2.23. The first-order valence-corrected chi connectivity index (χ1v) is 7.35. The Hall–Kier alpha value is -0.380. The van der Waals surface area contributed by atoms with Crippen molar-refractivity contribution in [3.05, 3.63) is 22.4 Å². The predicted molar refractivity (Wildman–Crippen MR) is 77.0 cm³/mol. The summed E-state index contributed by atoms with van der Waals surface area (Å²) >= 11 is 1.77. The summed E-state index contributed by atoms with van der Waals surface area (Å²) in [6.07, 6.45) is 3.38. The molecule has 0 fully saturated rings. The molecule has 0 bridgehead atoms. The van der Waals surface area contributed by atoms with E-state index in [0.29, 0.717) is 17.4 Å². The maximum atomic E-state index is 5.66. The highest BCUT2D eigenvalue weighted by Crippen LogP contribution is 2.29. The van der Waals surface area contributed by atoms with Crippen LogP contribution < -0.4 is 11.3 Å². The van der Waals surface area contributed by atoms with E-state index in [4.69, 9.17) is 5.84 Å². The minimum atomic E-state index is 0.359. The van der Waals surface area contributed by atoms with E-state index in [-0.39, 0.29) is 0 Å². The minimum absolute atomic E-state index is 0.359. The molecule has 1 heterocycles. The Kier molecular flexibility index (Phi) is 5.63. The van der Waals surface area contributed by atoms with Crippen molar-refractivity contribution in [3.8, 4) is 0 Å². The number of nitrogens with two attached hydrogens (primary N) is 1. The van der Waals surface area contributed by atoms with Crippen molar-refractivity contribution in [2.24, 2.45) is 17.2 Å². The van der Waals surface area contributed by atoms with Crippen molar-refractivity contribution in [2.75, 3.05) is 0 Å². The van der Waals surface area contributed by atoms with Gasteiger partial charge >= 0.3 is 0 Å². The summed E-state index contributed by atoms with van der Waals surface area (Å²) in [6, 6.07) is 2.62. The maximum Gasteiger partial charge on any atom is 0.0216 e. The molecular formula is C14H26N2S. The van der Waals surface area contributed by atoms with Gasteiger partial charge in [-0.3, -0.25) is 11.3 Å². The van der Waals surface area contributed by atoms with Gasteiger partial charge in [0.25, 0.3) is 0 Å². The number of aryl methyl sites for hydroxylation is 1. The molecule has 0 aliphatic carbocycles. The number of nitrogens with one attached hydrogen (secondary N) is 1. The Morgan fingerprint density at radius 3 is 2.59 bits per heavy atom. The smallest absolute Gasteiger partial charge is 0.0216 e. The third-order valence-corrected chi connectivity index (χ3v) is 4.45. The number of hydrogen-bond acceptors (Lipinski definition) is 3. The average molecular weight is 254 g/mol. The fraction of sp³-hybridized carbons (Fsp3) is 0.714. The Labute approximate surface area is 110 Å². The second kappa shape index (κ2) is 6.53. The van der Waals surface area contributed by atoms with Crippen LogP contribution in [0.1, 0.15) is 46.1 Å². The van der Waals surface area contributed by atoms with Gasteiger partial charge in [-0.25, -0.2) is 0 Å². The molecule has 1 rings (SSSR count). The van der Waals surface area contributed by atoms with Crippen molar-refractivity contribution < 1.29 is 0 Å². The van der Waals surface area contributed by atoms with Gasteiger partial charge in [-0.05, 0) is 53.0 Å². The first kappa shape index (κ1) is 14.7. The van der Waals surface area contributed by atoms with Crippen molar-refractivity contribution in [1.29, 1.82) is 0 Å². The molecule has 0 aromatic carbocycles. The lowest BCUT2D eigenvalue weighted by Gasteiger charge is -2.30. The van der Waals surface area contributed by atoms with Gasteiger partial charge in [0.2, 0.25) is 0 Å². The molecule has 1 aromatic rings. The second-order valence-corrected chi connectivity index (χ2v) is 6.82. The van der Waals surface area contributed by atoms with E-state index in [1.807, 2.05) is 0 Å². The van der Waals surface area contributed by atoms with E-state index in [0.717, 1.165) is 19.3 Å². The molecule has 2 atom stereocenters. The van der Waals surface area contributed by atoms with E-state index in [1.54, 1.807) is 11.3 Å². The molecule has 3 N–H and O–H groups in total. The molecule has 3 heteroatoms. The molecule has 2 nitrogen and oxygen atoms in total. The van der Waals surface area contributed by atoms with Gasteiger partial charge in [0, 0.05) is 6.04 Å². The van der Waals surface area contributed by atoms with Gasteiger partial charge in [0.1, 0.15) is 0 Å². The van der Waals surface area contributed by atoms with E-state index < -0.39 is 0 Å². The fourth-order valence-electron chi connectivity index (χ4n) is 1.83. The van der Waals surface area contributed by atoms with Crippen LogP contribution in [0.4, 0.5) is 0 Å². The van der Waals surface area contributed by atoms with Gasteiger partial charge < -0.3 is 0 Å². The molecule has 17 heavy (non-hydrogen) atoms. The van der Waals surface area contributed by atoms with Crippen LogP contribution in [-0.2, 0) is 6.42 Å². The third-order valence-electron chi connectivity index (χ3n) is 3.71. The summed E-state index contributed by atoms with van der Waals surface area (Å²) in [4.78, 5) is 0. The molecule has 0 spiro atoms. The first-order valence-electron chi connectivity index (χ1n) is 6.40. The molecule has 98 valence electrons. The van der Waals surface area contributed by atoms with Crippen molar-refractivity contribution >= 4 is 11.3 Å². The van der Waals surface area contributed by atoms with Crippen molar-refractivity contribution in [1.82, 2.24) is 5.43 Å². The molecule has 0 amide bonds. The van der Waals surface area contributed by atoms with Gasteiger partial charge in [0.05, 0.1) is 0 Å². The standard InChI is InChI=1S/C14H26N2S/c1-11(14(2,3)4)9-13(16-15)6-5-12-7-8-17-10-12/h7-8,10-11,13,16H,5-6,9,15H2,1-4H3. The highest BCUT2D eigenvalue weighted by atomic mass is 32.1. The third kappa shape index (κ3) is 5.19. The summed E-state index contributed by atoms with van der Waals surface area (Å²) < 4.78 is 0. The molecule has 0 aliphatic heterocycles. The predicted octanol–water partition coefficient (Wildman–Crippen LogP) is 3.58. The average Bonchev–Trinajstić information content (AvgIpc) is 2.75. The molecule has 2 unspecified atom stereocenters. The van der Waals surface area contributed by atoms with E-state index in [9.17, 15) is 0 Å². The van der Waals surface area contributed by atoms with Gasteiger partial charge in [-0.1, -0.05) is 27.7 Å². The van der Waals surface area contributed by atoms with Crippen LogP contribution in [0.15, 0.2) is 16.8 Å². The lowest BCUT2D eigenvalue weighted by Crippen LogP contribution is -2.38. The summed E-state index contributed by atoms with van der Waals surface area (Å²) in [5.74, 6) is 6.33. The molecule has 0 aliphatic rings. The number of hydrazine groups is 1. The summed E-state index contributed by atoms with van der Waals surface area (Å²) in [5, 5.41) is 4.36. The van der Waals surface area contributed by atoms with Gasteiger partial charge in [0.15, 0.2) is 0 Å². The van der Waals surface area contributed by atoms with Crippen molar-refractivity contribution in [2.45, 2.75) is 53.0 Å². The van der Waals surface area contributed by atoms with Crippen LogP contribution in [-0.4, -0.2) is 6.04 Å². The van der Waals surface area contributed by atoms with Gasteiger partial charge in [-0.15, -0.1) is 0 Å². The first-order chi connectivity index (χ1) is 7.93. The molecule has 0 radical (unpaired) electrons. The largest absolute Gasteiger partial charge is 0.271 e. The van der Waals surface area contributed by atoms with E-state index in [2.05, 4.69) is 49.9 Å². The van der Waals surface area contributed by atoms with Crippen LogP contribution in [0.2, 0.25) is 0 Å². The maximum absolute atomic E-state index is 5.66. The number of thiophene rings is 1. The number of hydrogen-bond donors (Lipinski definition) is 2. The molecule has 0 saturated heterocycles. The molecular weight excluding hydrogens is 228 g/mol. The topological polar surface area (TPSA) is 38.0 Å². The summed E-state index contributed by atoms with van der Waals surface area (Å²) in [7, 11) is 0. The SMILES string of the molecule is CC(CC(CCc1ccsc1)NN)C(C)(C)C. The van der Waals surface area contributed by atoms with E-state index in [1.165, 1.54) is 5.56 Å². The lowest BCUT2D eigenvalue weighted by atomic mass is 9.78. The van der Waals surface area contributed by atoms with Crippen molar-refractivity contribution in [3.63, 3.8) is 0 Å². The zero-order valence-corrected chi connectivity index (χ0v) is 12.3. The van der Waals surface area contributed by atoms with Crippen LogP contribution in [0.5, 0.6) is 0 Å². The Balaban J connectivity index is 2.38. The monoisotopic (exact) mass is 254 g/mol.